The highest BCUT2D eigenvalue weighted by Gasteiger charge is 2.25. The molecule has 0 bridgehead atoms. The number of hydrogen-bond donors (Lipinski definition) is 0. The maximum atomic E-state index is 11.0. The van der Waals surface area contributed by atoms with Gasteiger partial charge in [0.15, 0.2) is 10.2 Å². The lowest BCUT2D eigenvalue weighted by molar-refractivity contribution is -0.111. The zero-order valence-corrected chi connectivity index (χ0v) is 10.4. The Labute approximate surface area is 98.9 Å². The summed E-state index contributed by atoms with van der Waals surface area (Å²) in [5, 5.41) is 1.87. The first-order chi connectivity index (χ1) is 7.24. The highest BCUT2D eigenvalue weighted by Crippen LogP contribution is 2.35. The Balaban J connectivity index is 1.59. The lowest BCUT2D eigenvalue weighted by Gasteiger charge is -2.09. The molecule has 0 radical (unpaired) electrons. The van der Waals surface area contributed by atoms with Crippen LogP contribution in [0.25, 0.3) is 0 Å². The summed E-state index contributed by atoms with van der Waals surface area (Å²) in [4.78, 5) is 22.1. The Kier molecular flexibility index (Phi) is 4.14. The Morgan fingerprint density at radius 1 is 0.933 bits per heavy atom. The van der Waals surface area contributed by atoms with Crippen LogP contribution in [0, 0.1) is 0 Å². The smallest absolute Gasteiger partial charge is 0.189 e. The van der Waals surface area contributed by atoms with Gasteiger partial charge in [-0.15, -0.1) is 0 Å². The van der Waals surface area contributed by atoms with Crippen molar-refractivity contribution in [1.82, 2.24) is 0 Å². The maximum Gasteiger partial charge on any atom is 0.189 e. The third-order valence-corrected chi connectivity index (χ3v) is 5.53. The fourth-order valence-corrected chi connectivity index (χ4v) is 4.40. The Morgan fingerprint density at radius 3 is 1.73 bits per heavy atom. The molecule has 0 saturated carbocycles. The van der Waals surface area contributed by atoms with Crippen LogP contribution >= 0.6 is 23.5 Å². The number of rotatable bonds is 4. The van der Waals surface area contributed by atoms with E-state index in [0.717, 1.165) is 38.5 Å². The van der Waals surface area contributed by atoms with Gasteiger partial charge < -0.3 is 0 Å². The minimum absolute atomic E-state index is 0.366. The van der Waals surface area contributed by atoms with E-state index < -0.39 is 0 Å². The molecule has 2 unspecified atom stereocenters. The van der Waals surface area contributed by atoms with E-state index in [1.165, 1.54) is 29.9 Å². The molecule has 84 valence electrons. The van der Waals surface area contributed by atoms with Crippen molar-refractivity contribution in [2.45, 2.75) is 55.4 Å². The summed E-state index contributed by atoms with van der Waals surface area (Å²) < 4.78 is 0. The first-order valence-electron chi connectivity index (χ1n) is 5.63. The molecular formula is C11H16O2S2. The van der Waals surface area contributed by atoms with Crippen molar-refractivity contribution in [2.75, 3.05) is 0 Å². The van der Waals surface area contributed by atoms with Crippen LogP contribution in [0.3, 0.4) is 0 Å². The van der Waals surface area contributed by atoms with E-state index in [1.54, 1.807) is 0 Å². The molecular weight excluding hydrogens is 228 g/mol. The molecule has 0 amide bonds. The van der Waals surface area contributed by atoms with Gasteiger partial charge in [-0.2, -0.15) is 0 Å². The lowest BCUT2D eigenvalue weighted by Crippen LogP contribution is -2.01. The number of carbonyl (C=O) groups excluding carboxylic acids is 2. The molecule has 0 aliphatic carbocycles. The largest absolute Gasteiger partial charge is 0.287 e. The molecule has 0 spiro atoms. The fourth-order valence-electron chi connectivity index (χ4n) is 2.14. The van der Waals surface area contributed by atoms with Gasteiger partial charge in [0, 0.05) is 23.3 Å². The van der Waals surface area contributed by atoms with Crippen molar-refractivity contribution >= 4 is 33.8 Å². The van der Waals surface area contributed by atoms with Crippen molar-refractivity contribution in [3.8, 4) is 0 Å². The van der Waals surface area contributed by atoms with Crippen molar-refractivity contribution in [3.63, 3.8) is 0 Å². The topological polar surface area (TPSA) is 34.1 Å². The van der Waals surface area contributed by atoms with E-state index >= 15 is 0 Å². The normalized spacial score (nSPS) is 31.5. The SMILES string of the molecule is O=C1CCC(CCCC2CCC(=O)S2)S1. The molecule has 0 N–H and O–H groups in total. The third kappa shape index (κ3) is 3.52. The van der Waals surface area contributed by atoms with Crippen LogP contribution in [0.15, 0.2) is 0 Å². The number of carbonyl (C=O) groups is 2. The van der Waals surface area contributed by atoms with E-state index in [1.807, 2.05) is 0 Å². The van der Waals surface area contributed by atoms with E-state index in [-0.39, 0.29) is 0 Å². The molecule has 0 aromatic carbocycles. The van der Waals surface area contributed by atoms with E-state index in [4.69, 9.17) is 0 Å². The van der Waals surface area contributed by atoms with Gasteiger partial charge in [0.1, 0.15) is 0 Å². The van der Waals surface area contributed by atoms with Crippen LogP contribution in [0.5, 0.6) is 0 Å². The standard InChI is InChI=1S/C11H16O2S2/c12-10-6-4-8(14-10)2-1-3-9-5-7-11(13)15-9/h8-9H,1-7H2. The van der Waals surface area contributed by atoms with E-state index in [2.05, 4.69) is 0 Å². The summed E-state index contributed by atoms with van der Waals surface area (Å²) in [6.45, 7) is 0. The molecule has 15 heavy (non-hydrogen) atoms. The van der Waals surface area contributed by atoms with Gasteiger partial charge in [0.05, 0.1) is 0 Å². The molecule has 2 aliphatic rings. The van der Waals surface area contributed by atoms with Gasteiger partial charge in [0.25, 0.3) is 0 Å². The molecule has 2 nitrogen and oxygen atoms in total. The average Bonchev–Trinajstić information content (AvgIpc) is 2.76. The predicted octanol–water partition coefficient (Wildman–Crippen LogP) is 3.00. The monoisotopic (exact) mass is 244 g/mol. The van der Waals surface area contributed by atoms with Gasteiger partial charge in [0.2, 0.25) is 0 Å². The number of hydrogen-bond acceptors (Lipinski definition) is 4. The van der Waals surface area contributed by atoms with Gasteiger partial charge in [-0.3, -0.25) is 9.59 Å². The van der Waals surface area contributed by atoms with Crippen LogP contribution < -0.4 is 0 Å². The van der Waals surface area contributed by atoms with Gasteiger partial charge >= 0.3 is 0 Å². The summed E-state index contributed by atoms with van der Waals surface area (Å²) in [7, 11) is 0. The first-order valence-corrected chi connectivity index (χ1v) is 7.39. The second kappa shape index (κ2) is 5.39. The van der Waals surface area contributed by atoms with E-state index in [9.17, 15) is 9.59 Å². The predicted molar refractivity (Wildman–Crippen MR) is 65.1 cm³/mol. The molecule has 2 heterocycles. The Morgan fingerprint density at radius 2 is 1.40 bits per heavy atom. The summed E-state index contributed by atoms with van der Waals surface area (Å²) in [5.41, 5.74) is 0. The second-order valence-corrected chi connectivity index (χ2v) is 6.95. The van der Waals surface area contributed by atoms with Crippen LogP contribution in [0.1, 0.15) is 44.9 Å². The Bertz CT molecular complexity index is 239. The molecule has 2 rings (SSSR count). The molecule has 4 heteroatoms. The van der Waals surface area contributed by atoms with Gasteiger partial charge in [-0.05, 0) is 25.7 Å². The fraction of sp³-hybridized carbons (Fsp3) is 0.818. The quantitative estimate of drug-likeness (QED) is 0.761. The summed E-state index contributed by atoms with van der Waals surface area (Å²) in [5.74, 6) is 0. The van der Waals surface area contributed by atoms with Crippen molar-refractivity contribution < 1.29 is 9.59 Å². The van der Waals surface area contributed by atoms with Gasteiger partial charge in [-0.1, -0.05) is 29.9 Å². The molecule has 2 aliphatic heterocycles. The lowest BCUT2D eigenvalue weighted by atomic mass is 10.1. The highest BCUT2D eigenvalue weighted by molar-refractivity contribution is 8.14. The molecule has 2 saturated heterocycles. The van der Waals surface area contributed by atoms with Gasteiger partial charge in [-0.25, -0.2) is 0 Å². The van der Waals surface area contributed by atoms with Crippen molar-refractivity contribution in [3.05, 3.63) is 0 Å². The maximum absolute atomic E-state index is 11.0. The Hall–Kier alpha value is 0.0400. The zero-order chi connectivity index (χ0) is 10.7. The summed E-state index contributed by atoms with van der Waals surface area (Å²) >= 11 is 3.07. The van der Waals surface area contributed by atoms with Crippen LogP contribution in [0.2, 0.25) is 0 Å². The third-order valence-electron chi connectivity index (χ3n) is 2.99. The minimum Gasteiger partial charge on any atom is -0.287 e. The van der Waals surface area contributed by atoms with Crippen molar-refractivity contribution in [1.29, 1.82) is 0 Å². The minimum atomic E-state index is 0.366. The van der Waals surface area contributed by atoms with Crippen LogP contribution in [-0.4, -0.2) is 20.7 Å². The second-order valence-electron chi connectivity index (χ2n) is 4.23. The average molecular weight is 244 g/mol. The molecule has 2 fully saturated rings. The summed E-state index contributed by atoms with van der Waals surface area (Å²) in [6.07, 6.45) is 7.16. The first kappa shape index (κ1) is 11.5. The number of thioether (sulfide) groups is 2. The van der Waals surface area contributed by atoms with Crippen LogP contribution in [0.4, 0.5) is 0 Å². The van der Waals surface area contributed by atoms with Crippen LogP contribution in [-0.2, 0) is 9.59 Å². The molecule has 0 aromatic heterocycles. The molecule has 2 atom stereocenters. The summed E-state index contributed by atoms with van der Waals surface area (Å²) in [6, 6.07) is 0. The van der Waals surface area contributed by atoms with E-state index in [0.29, 0.717) is 20.7 Å². The van der Waals surface area contributed by atoms with Crippen molar-refractivity contribution in [2.24, 2.45) is 0 Å². The highest BCUT2D eigenvalue weighted by atomic mass is 32.2. The zero-order valence-electron chi connectivity index (χ0n) is 8.74. The molecule has 0 aromatic rings.